The number of pyridine rings is 1. The summed E-state index contributed by atoms with van der Waals surface area (Å²) in [5.74, 6) is -0.314. The summed E-state index contributed by atoms with van der Waals surface area (Å²) in [6, 6.07) is 7.75. The van der Waals surface area contributed by atoms with Crippen molar-refractivity contribution in [1.29, 1.82) is 0 Å². The zero-order chi connectivity index (χ0) is 12.3. The Kier molecular flexibility index (Phi) is 3.56. The predicted molar refractivity (Wildman–Crippen MR) is 61.6 cm³/mol. The van der Waals surface area contributed by atoms with Crippen LogP contribution in [-0.4, -0.2) is 10.1 Å². The number of halogens is 2. The van der Waals surface area contributed by atoms with Crippen molar-refractivity contribution >= 4 is 11.6 Å². The number of hydrogen-bond donors (Lipinski definition) is 1. The van der Waals surface area contributed by atoms with E-state index < -0.39 is 5.82 Å². The summed E-state index contributed by atoms with van der Waals surface area (Å²) in [5, 5.41) is 9.08. The van der Waals surface area contributed by atoms with Gasteiger partial charge >= 0.3 is 0 Å². The second-order valence-corrected chi connectivity index (χ2v) is 3.78. The van der Waals surface area contributed by atoms with Crippen molar-refractivity contribution in [2.45, 2.75) is 6.61 Å². The first-order chi connectivity index (χ1) is 8.19. The van der Waals surface area contributed by atoms with Gasteiger partial charge in [0.2, 0.25) is 0 Å². The Bertz CT molecular complexity index is 516. The predicted octanol–water partition coefficient (Wildman–Crippen LogP) is 3.16. The highest BCUT2D eigenvalue weighted by atomic mass is 35.5. The van der Waals surface area contributed by atoms with Crippen molar-refractivity contribution in [3.8, 4) is 11.6 Å². The third kappa shape index (κ3) is 2.93. The molecule has 0 aliphatic carbocycles. The summed E-state index contributed by atoms with van der Waals surface area (Å²) < 4.78 is 18.6. The summed E-state index contributed by atoms with van der Waals surface area (Å²) in [7, 11) is 0. The van der Waals surface area contributed by atoms with E-state index in [1.54, 1.807) is 24.3 Å². The number of aliphatic hydroxyl groups is 1. The fourth-order valence-corrected chi connectivity index (χ4v) is 1.40. The fourth-order valence-electron chi connectivity index (χ4n) is 1.25. The van der Waals surface area contributed by atoms with Crippen molar-refractivity contribution in [3.63, 3.8) is 0 Å². The van der Waals surface area contributed by atoms with Crippen molar-refractivity contribution in [2.75, 3.05) is 0 Å². The standard InChI is InChI=1S/C12H9ClFNO2/c13-9-5-11(14)12(15-6-9)17-10-3-1-8(7-16)2-4-10/h1-6,16H,7H2. The van der Waals surface area contributed by atoms with Crippen LogP contribution in [0.5, 0.6) is 11.6 Å². The minimum Gasteiger partial charge on any atom is -0.436 e. The van der Waals surface area contributed by atoms with Crippen LogP contribution >= 0.6 is 11.6 Å². The molecule has 2 rings (SSSR count). The van der Waals surface area contributed by atoms with Crippen LogP contribution in [0, 0.1) is 5.82 Å². The summed E-state index contributed by atoms with van der Waals surface area (Å²) in [5.41, 5.74) is 0.752. The van der Waals surface area contributed by atoms with Crippen LogP contribution in [-0.2, 0) is 6.61 Å². The average molecular weight is 254 g/mol. The van der Waals surface area contributed by atoms with Gasteiger partial charge in [-0.3, -0.25) is 0 Å². The van der Waals surface area contributed by atoms with Crippen molar-refractivity contribution in [3.05, 3.63) is 52.9 Å². The quantitative estimate of drug-likeness (QED) is 0.914. The highest BCUT2D eigenvalue weighted by molar-refractivity contribution is 6.30. The molecule has 0 bridgehead atoms. The molecule has 1 aromatic heterocycles. The molecule has 0 amide bonds. The van der Waals surface area contributed by atoms with E-state index in [2.05, 4.69) is 4.98 Å². The van der Waals surface area contributed by atoms with Crippen LogP contribution in [0.2, 0.25) is 5.02 Å². The van der Waals surface area contributed by atoms with Gasteiger partial charge in [-0.25, -0.2) is 9.37 Å². The lowest BCUT2D eigenvalue weighted by Crippen LogP contribution is -1.92. The van der Waals surface area contributed by atoms with Crippen molar-refractivity contribution in [2.24, 2.45) is 0 Å². The minimum absolute atomic E-state index is 0.0478. The molecule has 0 aliphatic rings. The van der Waals surface area contributed by atoms with E-state index in [1.807, 2.05) is 0 Å². The van der Waals surface area contributed by atoms with E-state index in [-0.39, 0.29) is 17.5 Å². The van der Waals surface area contributed by atoms with Crippen LogP contribution in [0.15, 0.2) is 36.5 Å². The molecule has 0 atom stereocenters. The second-order valence-electron chi connectivity index (χ2n) is 3.34. The minimum atomic E-state index is -0.622. The van der Waals surface area contributed by atoms with E-state index in [4.69, 9.17) is 21.4 Å². The Morgan fingerprint density at radius 3 is 2.59 bits per heavy atom. The third-order valence-corrected chi connectivity index (χ3v) is 2.30. The topological polar surface area (TPSA) is 42.4 Å². The molecule has 1 aromatic carbocycles. The van der Waals surface area contributed by atoms with Crippen molar-refractivity contribution < 1.29 is 14.2 Å². The molecule has 0 radical (unpaired) electrons. The molecule has 0 saturated carbocycles. The second kappa shape index (κ2) is 5.12. The monoisotopic (exact) mass is 253 g/mol. The zero-order valence-corrected chi connectivity index (χ0v) is 9.49. The first kappa shape index (κ1) is 11.8. The molecular weight excluding hydrogens is 245 g/mol. The van der Waals surface area contributed by atoms with Gasteiger partial charge in [0.1, 0.15) is 5.75 Å². The molecule has 17 heavy (non-hydrogen) atoms. The number of aromatic nitrogens is 1. The molecule has 1 heterocycles. The third-order valence-electron chi connectivity index (χ3n) is 2.09. The van der Waals surface area contributed by atoms with E-state index in [9.17, 15) is 4.39 Å². The van der Waals surface area contributed by atoms with Gasteiger partial charge in [-0.1, -0.05) is 23.7 Å². The molecule has 88 valence electrons. The maximum Gasteiger partial charge on any atom is 0.255 e. The molecule has 1 N–H and O–H groups in total. The largest absolute Gasteiger partial charge is 0.436 e. The van der Waals surface area contributed by atoms with Gasteiger partial charge in [0.15, 0.2) is 5.82 Å². The average Bonchev–Trinajstić information content (AvgIpc) is 2.34. The summed E-state index contributed by atoms with van der Waals surface area (Å²) in [6.45, 7) is -0.0478. The number of benzene rings is 1. The molecule has 5 heteroatoms. The summed E-state index contributed by atoms with van der Waals surface area (Å²) in [6.07, 6.45) is 1.31. The molecule has 0 fully saturated rings. The van der Waals surface area contributed by atoms with Gasteiger partial charge in [-0.2, -0.15) is 0 Å². The van der Waals surface area contributed by atoms with Crippen LogP contribution < -0.4 is 4.74 Å². The number of ether oxygens (including phenoxy) is 1. The SMILES string of the molecule is OCc1ccc(Oc2ncc(Cl)cc2F)cc1. The van der Waals surface area contributed by atoms with E-state index >= 15 is 0 Å². The van der Waals surface area contributed by atoms with Crippen LogP contribution in [0.1, 0.15) is 5.56 Å². The van der Waals surface area contributed by atoms with Crippen molar-refractivity contribution in [1.82, 2.24) is 4.98 Å². The van der Waals surface area contributed by atoms with E-state index in [0.29, 0.717) is 5.75 Å². The summed E-state index contributed by atoms with van der Waals surface area (Å²) >= 11 is 5.57. The molecule has 3 nitrogen and oxygen atoms in total. The Morgan fingerprint density at radius 2 is 2.00 bits per heavy atom. The Balaban J connectivity index is 2.19. The van der Waals surface area contributed by atoms with E-state index in [1.165, 1.54) is 6.20 Å². The number of rotatable bonds is 3. The summed E-state index contributed by atoms with van der Waals surface area (Å²) in [4.78, 5) is 3.74. The lowest BCUT2D eigenvalue weighted by Gasteiger charge is -2.06. The maximum absolute atomic E-state index is 13.4. The Hall–Kier alpha value is -1.65. The number of hydrogen-bond acceptors (Lipinski definition) is 3. The molecule has 0 saturated heterocycles. The van der Waals surface area contributed by atoms with Gasteiger partial charge in [0.25, 0.3) is 5.88 Å². The van der Waals surface area contributed by atoms with Crippen LogP contribution in [0.3, 0.4) is 0 Å². The fraction of sp³-hybridized carbons (Fsp3) is 0.0833. The zero-order valence-electron chi connectivity index (χ0n) is 8.73. The first-order valence-corrected chi connectivity index (χ1v) is 5.25. The van der Waals surface area contributed by atoms with Gasteiger partial charge in [-0.05, 0) is 23.8 Å². The maximum atomic E-state index is 13.4. The van der Waals surface area contributed by atoms with Gasteiger partial charge < -0.3 is 9.84 Å². The van der Waals surface area contributed by atoms with Gasteiger partial charge in [-0.15, -0.1) is 0 Å². The lowest BCUT2D eigenvalue weighted by atomic mass is 10.2. The molecule has 0 aliphatic heterocycles. The highest BCUT2D eigenvalue weighted by Gasteiger charge is 2.07. The number of nitrogens with zero attached hydrogens (tertiary/aromatic N) is 1. The Morgan fingerprint density at radius 1 is 1.29 bits per heavy atom. The van der Waals surface area contributed by atoms with E-state index in [0.717, 1.165) is 11.6 Å². The first-order valence-electron chi connectivity index (χ1n) is 4.88. The molecule has 2 aromatic rings. The lowest BCUT2D eigenvalue weighted by molar-refractivity contribution is 0.281. The van der Waals surface area contributed by atoms with Gasteiger partial charge in [0.05, 0.1) is 11.6 Å². The Labute approximate surface area is 102 Å². The molecule has 0 spiro atoms. The molecular formula is C12H9ClFNO2. The van der Waals surface area contributed by atoms with Crippen LogP contribution in [0.4, 0.5) is 4.39 Å². The smallest absolute Gasteiger partial charge is 0.255 e. The molecule has 0 unspecified atom stereocenters. The van der Waals surface area contributed by atoms with Gasteiger partial charge in [0, 0.05) is 6.20 Å². The van der Waals surface area contributed by atoms with Crippen LogP contribution in [0.25, 0.3) is 0 Å². The normalized spacial score (nSPS) is 10.3. The highest BCUT2D eigenvalue weighted by Crippen LogP contribution is 2.24. The number of aliphatic hydroxyl groups excluding tert-OH is 1.